The van der Waals surface area contributed by atoms with Crippen LogP contribution in [0.2, 0.25) is 0 Å². The summed E-state index contributed by atoms with van der Waals surface area (Å²) in [5.41, 5.74) is 0. The van der Waals surface area contributed by atoms with Crippen molar-refractivity contribution in [3.8, 4) is 0 Å². The molecule has 2 rings (SSSR count). The van der Waals surface area contributed by atoms with Crippen molar-refractivity contribution in [1.29, 1.82) is 0 Å². The van der Waals surface area contributed by atoms with Crippen LogP contribution >= 0.6 is 0 Å². The van der Waals surface area contributed by atoms with E-state index in [0.717, 1.165) is 19.1 Å². The Morgan fingerprint density at radius 2 is 2.27 bits per heavy atom. The molecule has 2 saturated heterocycles. The van der Waals surface area contributed by atoms with E-state index in [1.54, 1.807) is 0 Å². The van der Waals surface area contributed by atoms with Gasteiger partial charge in [-0.15, -0.1) is 0 Å². The van der Waals surface area contributed by atoms with Crippen LogP contribution in [-0.2, 0) is 0 Å². The Morgan fingerprint density at radius 3 is 3.00 bits per heavy atom. The van der Waals surface area contributed by atoms with E-state index >= 15 is 0 Å². The fraction of sp³-hybridized carbons (Fsp3) is 1.00. The van der Waals surface area contributed by atoms with Gasteiger partial charge in [-0.3, -0.25) is 9.80 Å². The first-order chi connectivity index (χ1) is 7.33. The Balaban J connectivity index is 1.79. The standard InChI is InChI=1S/C11H23N3O/c1-12-10(9-15)7-13-5-6-14-4-2-3-11(14)8-13/h10-12,15H,2-9H2,1H3. The van der Waals surface area contributed by atoms with Crippen molar-refractivity contribution in [2.45, 2.75) is 24.9 Å². The summed E-state index contributed by atoms with van der Waals surface area (Å²) >= 11 is 0. The zero-order chi connectivity index (χ0) is 10.7. The molecule has 0 spiro atoms. The number of aliphatic hydroxyl groups excluding tert-OH is 1. The molecule has 2 unspecified atom stereocenters. The average molecular weight is 213 g/mol. The maximum absolute atomic E-state index is 9.14. The van der Waals surface area contributed by atoms with Crippen molar-refractivity contribution in [2.75, 3.05) is 46.4 Å². The Bertz CT molecular complexity index is 194. The summed E-state index contributed by atoms with van der Waals surface area (Å²) in [5, 5.41) is 12.3. The van der Waals surface area contributed by atoms with Gasteiger partial charge in [0.05, 0.1) is 6.61 Å². The lowest BCUT2D eigenvalue weighted by molar-refractivity contribution is 0.0884. The minimum Gasteiger partial charge on any atom is -0.395 e. The van der Waals surface area contributed by atoms with E-state index in [4.69, 9.17) is 5.11 Å². The number of hydrogen-bond donors (Lipinski definition) is 2. The average Bonchev–Trinajstić information content (AvgIpc) is 2.73. The molecule has 2 fully saturated rings. The highest BCUT2D eigenvalue weighted by Crippen LogP contribution is 2.21. The molecule has 0 aromatic rings. The van der Waals surface area contributed by atoms with E-state index < -0.39 is 0 Å². The Labute approximate surface area is 92.2 Å². The van der Waals surface area contributed by atoms with Gasteiger partial charge in [-0.05, 0) is 26.4 Å². The van der Waals surface area contributed by atoms with Gasteiger partial charge in [0.2, 0.25) is 0 Å². The van der Waals surface area contributed by atoms with Crippen molar-refractivity contribution in [3.63, 3.8) is 0 Å². The topological polar surface area (TPSA) is 38.7 Å². The normalized spacial score (nSPS) is 30.4. The van der Waals surface area contributed by atoms with Crippen LogP contribution in [0.3, 0.4) is 0 Å². The van der Waals surface area contributed by atoms with Crippen molar-refractivity contribution in [2.24, 2.45) is 0 Å². The summed E-state index contributed by atoms with van der Waals surface area (Å²) in [6.07, 6.45) is 2.73. The maximum Gasteiger partial charge on any atom is 0.0597 e. The van der Waals surface area contributed by atoms with Crippen LogP contribution in [0, 0.1) is 0 Å². The number of likely N-dealkylation sites (N-methyl/N-ethyl adjacent to an activating group) is 1. The van der Waals surface area contributed by atoms with Gasteiger partial charge in [-0.25, -0.2) is 0 Å². The van der Waals surface area contributed by atoms with Crippen molar-refractivity contribution < 1.29 is 5.11 Å². The molecule has 2 aliphatic rings. The first kappa shape index (κ1) is 11.3. The Kier molecular flexibility index (Phi) is 3.97. The summed E-state index contributed by atoms with van der Waals surface area (Å²) < 4.78 is 0. The van der Waals surface area contributed by atoms with Crippen LogP contribution in [0.25, 0.3) is 0 Å². The van der Waals surface area contributed by atoms with Gasteiger partial charge in [0.25, 0.3) is 0 Å². The summed E-state index contributed by atoms with van der Waals surface area (Å²) in [7, 11) is 1.92. The quantitative estimate of drug-likeness (QED) is 0.651. The molecular formula is C11H23N3O. The smallest absolute Gasteiger partial charge is 0.0597 e. The Morgan fingerprint density at radius 1 is 1.40 bits per heavy atom. The van der Waals surface area contributed by atoms with E-state index in [1.165, 1.54) is 32.5 Å². The summed E-state index contributed by atoms with van der Waals surface area (Å²) in [5.74, 6) is 0. The number of aliphatic hydroxyl groups is 1. The molecule has 0 aromatic carbocycles. The number of nitrogens with one attached hydrogen (secondary N) is 1. The Hall–Kier alpha value is -0.160. The number of piperazine rings is 1. The van der Waals surface area contributed by atoms with Gasteiger partial charge >= 0.3 is 0 Å². The van der Waals surface area contributed by atoms with Gasteiger partial charge in [-0.1, -0.05) is 0 Å². The number of rotatable bonds is 4. The lowest BCUT2D eigenvalue weighted by atomic mass is 10.1. The molecule has 4 nitrogen and oxygen atoms in total. The highest BCUT2D eigenvalue weighted by atomic mass is 16.3. The molecule has 0 saturated carbocycles. The lowest BCUT2D eigenvalue weighted by Gasteiger charge is -2.38. The molecule has 0 bridgehead atoms. The fourth-order valence-electron chi connectivity index (χ4n) is 2.77. The van der Waals surface area contributed by atoms with Crippen LogP contribution in [0.4, 0.5) is 0 Å². The molecule has 0 radical (unpaired) electrons. The van der Waals surface area contributed by atoms with Crippen molar-refractivity contribution in [3.05, 3.63) is 0 Å². The second-order valence-electron chi connectivity index (χ2n) is 4.76. The number of nitrogens with zero attached hydrogens (tertiary/aromatic N) is 2. The summed E-state index contributed by atoms with van der Waals surface area (Å²) in [6, 6.07) is 1.02. The van der Waals surface area contributed by atoms with E-state index in [-0.39, 0.29) is 12.6 Å². The third-order valence-electron chi connectivity index (χ3n) is 3.78. The van der Waals surface area contributed by atoms with E-state index in [1.807, 2.05) is 7.05 Å². The molecule has 0 aromatic heterocycles. The van der Waals surface area contributed by atoms with Gasteiger partial charge in [0, 0.05) is 38.3 Å². The predicted octanol–water partition coefficient (Wildman–Crippen LogP) is -0.653. The fourth-order valence-corrected chi connectivity index (χ4v) is 2.77. The zero-order valence-corrected chi connectivity index (χ0v) is 9.65. The van der Waals surface area contributed by atoms with Gasteiger partial charge in [-0.2, -0.15) is 0 Å². The zero-order valence-electron chi connectivity index (χ0n) is 9.65. The second kappa shape index (κ2) is 5.25. The minimum absolute atomic E-state index is 0.234. The molecule has 0 amide bonds. The monoisotopic (exact) mass is 213 g/mol. The highest BCUT2D eigenvalue weighted by molar-refractivity contribution is 4.87. The van der Waals surface area contributed by atoms with Gasteiger partial charge in [0.1, 0.15) is 0 Å². The molecule has 2 atom stereocenters. The van der Waals surface area contributed by atoms with Gasteiger partial charge < -0.3 is 10.4 Å². The SMILES string of the molecule is CNC(CO)CN1CCN2CCCC2C1. The first-order valence-electron chi connectivity index (χ1n) is 6.08. The molecular weight excluding hydrogens is 190 g/mol. The van der Waals surface area contributed by atoms with Crippen molar-refractivity contribution in [1.82, 2.24) is 15.1 Å². The molecule has 15 heavy (non-hydrogen) atoms. The van der Waals surface area contributed by atoms with Crippen LogP contribution in [0.15, 0.2) is 0 Å². The summed E-state index contributed by atoms with van der Waals surface area (Å²) in [4.78, 5) is 5.10. The molecule has 2 aliphatic heterocycles. The largest absolute Gasteiger partial charge is 0.395 e. The highest BCUT2D eigenvalue weighted by Gasteiger charge is 2.30. The minimum atomic E-state index is 0.234. The van der Waals surface area contributed by atoms with E-state index in [2.05, 4.69) is 15.1 Å². The summed E-state index contributed by atoms with van der Waals surface area (Å²) in [6.45, 7) is 6.09. The number of fused-ring (bicyclic) bond motifs is 1. The predicted molar refractivity (Wildman–Crippen MR) is 61.0 cm³/mol. The molecule has 4 heteroatoms. The molecule has 2 N–H and O–H groups in total. The van der Waals surface area contributed by atoms with Crippen LogP contribution < -0.4 is 5.32 Å². The van der Waals surface area contributed by atoms with E-state index in [9.17, 15) is 0 Å². The molecule has 0 aliphatic carbocycles. The number of hydrogen-bond acceptors (Lipinski definition) is 4. The first-order valence-corrected chi connectivity index (χ1v) is 6.08. The van der Waals surface area contributed by atoms with Crippen LogP contribution in [0.1, 0.15) is 12.8 Å². The van der Waals surface area contributed by atoms with E-state index in [0.29, 0.717) is 0 Å². The third kappa shape index (κ3) is 2.69. The van der Waals surface area contributed by atoms with Crippen molar-refractivity contribution >= 4 is 0 Å². The molecule has 2 heterocycles. The maximum atomic E-state index is 9.14. The van der Waals surface area contributed by atoms with Crippen LogP contribution in [-0.4, -0.2) is 73.4 Å². The lowest BCUT2D eigenvalue weighted by Crippen LogP contribution is -2.53. The third-order valence-corrected chi connectivity index (χ3v) is 3.78. The van der Waals surface area contributed by atoms with Crippen LogP contribution in [0.5, 0.6) is 0 Å². The van der Waals surface area contributed by atoms with Gasteiger partial charge in [0.15, 0.2) is 0 Å². The molecule has 88 valence electrons. The second-order valence-corrected chi connectivity index (χ2v) is 4.76.